The molecule has 0 spiro atoms. The Morgan fingerprint density at radius 2 is 2.21 bits per heavy atom. The highest BCUT2D eigenvalue weighted by Crippen LogP contribution is 2.12. The van der Waals surface area contributed by atoms with E-state index in [1.165, 1.54) is 0 Å². The molecule has 0 aliphatic rings. The van der Waals surface area contributed by atoms with E-state index in [0.29, 0.717) is 12.5 Å². The predicted molar refractivity (Wildman–Crippen MR) is 60.5 cm³/mol. The number of nitrogens with two attached hydrogens (primary N) is 1. The smallest absolute Gasteiger partial charge is 0.187 e. The minimum absolute atomic E-state index is 0.485. The molecule has 0 bridgehead atoms. The van der Waals surface area contributed by atoms with Crippen LogP contribution in [0.1, 0.15) is 18.3 Å². The van der Waals surface area contributed by atoms with Gasteiger partial charge in [-0.3, -0.25) is 0 Å². The van der Waals surface area contributed by atoms with Crippen molar-refractivity contribution in [3.63, 3.8) is 0 Å². The Morgan fingerprint density at radius 1 is 1.50 bits per heavy atom. The second-order valence-electron chi connectivity index (χ2n) is 3.53. The zero-order valence-corrected chi connectivity index (χ0v) is 9.77. The average molecular weight is 211 g/mol. The van der Waals surface area contributed by atoms with Gasteiger partial charge >= 0.3 is 0 Å². The number of nitrogens with zero attached hydrogens (tertiary/aromatic N) is 2. The summed E-state index contributed by atoms with van der Waals surface area (Å²) < 4.78 is 0. The molecule has 1 aromatic rings. The molecule has 0 saturated heterocycles. The van der Waals surface area contributed by atoms with E-state index < -0.39 is 0 Å². The number of hydrogen-bond acceptors (Lipinski definition) is 4. The third-order valence-electron chi connectivity index (χ3n) is 2.03. The summed E-state index contributed by atoms with van der Waals surface area (Å²) in [5, 5.41) is 0.851. The molecule has 0 amide bonds. The van der Waals surface area contributed by atoms with E-state index >= 15 is 0 Å². The minimum atomic E-state index is 0.485. The number of hydrogen-bond donors (Lipinski definition) is 1. The maximum atomic E-state index is 5.58. The summed E-state index contributed by atoms with van der Waals surface area (Å²) in [6.45, 7) is 4.84. The Hall–Kier alpha value is -0.610. The lowest BCUT2D eigenvalue weighted by atomic mass is 10.1. The molecule has 2 N–H and O–H groups in total. The second kappa shape index (κ2) is 5.32. The van der Waals surface area contributed by atoms with Crippen LogP contribution >= 0.6 is 11.8 Å². The maximum Gasteiger partial charge on any atom is 0.187 e. The summed E-state index contributed by atoms with van der Waals surface area (Å²) in [7, 11) is 0. The van der Waals surface area contributed by atoms with Crippen molar-refractivity contribution in [2.24, 2.45) is 11.7 Å². The Labute approximate surface area is 89.5 Å². The fraction of sp³-hybridized carbons (Fsp3) is 0.600. The van der Waals surface area contributed by atoms with E-state index in [9.17, 15) is 0 Å². The van der Waals surface area contributed by atoms with Crippen molar-refractivity contribution < 1.29 is 0 Å². The first kappa shape index (κ1) is 11.5. The molecule has 1 aromatic heterocycles. The molecule has 0 fully saturated rings. The first-order chi connectivity index (χ1) is 6.65. The number of rotatable bonds is 4. The molecule has 4 heteroatoms. The van der Waals surface area contributed by atoms with Gasteiger partial charge in [-0.15, -0.1) is 0 Å². The van der Waals surface area contributed by atoms with Crippen molar-refractivity contribution in [2.75, 3.05) is 12.8 Å². The largest absolute Gasteiger partial charge is 0.330 e. The second-order valence-corrected chi connectivity index (χ2v) is 4.31. The topological polar surface area (TPSA) is 51.8 Å². The highest BCUT2D eigenvalue weighted by Gasteiger charge is 2.05. The van der Waals surface area contributed by atoms with Gasteiger partial charge in [0.05, 0.1) is 0 Å². The van der Waals surface area contributed by atoms with Gasteiger partial charge in [0.2, 0.25) is 0 Å². The van der Waals surface area contributed by atoms with Gasteiger partial charge in [-0.25, -0.2) is 9.97 Å². The van der Waals surface area contributed by atoms with Crippen LogP contribution in [0.2, 0.25) is 0 Å². The van der Waals surface area contributed by atoms with Gasteiger partial charge in [-0.2, -0.15) is 0 Å². The summed E-state index contributed by atoms with van der Waals surface area (Å²) in [4.78, 5) is 8.74. The van der Waals surface area contributed by atoms with Crippen molar-refractivity contribution in [1.29, 1.82) is 0 Å². The summed E-state index contributed by atoms with van der Waals surface area (Å²) in [5.74, 6) is 0.485. The molecule has 0 aliphatic carbocycles. The van der Waals surface area contributed by atoms with Crippen molar-refractivity contribution in [2.45, 2.75) is 25.4 Å². The Balaban J connectivity index is 2.81. The maximum absolute atomic E-state index is 5.58. The van der Waals surface area contributed by atoms with Gasteiger partial charge in [0.25, 0.3) is 0 Å². The quantitative estimate of drug-likeness (QED) is 0.607. The summed E-state index contributed by atoms with van der Waals surface area (Å²) >= 11 is 1.58. The highest BCUT2D eigenvalue weighted by atomic mass is 32.2. The average Bonchev–Trinajstić information content (AvgIpc) is 2.16. The third-order valence-corrected chi connectivity index (χ3v) is 2.58. The molecule has 14 heavy (non-hydrogen) atoms. The number of thioether (sulfide) groups is 1. The molecular weight excluding hydrogens is 194 g/mol. The standard InChI is InChI=1S/C10H17N3S/c1-7(6-11)4-9-5-8(2)12-10(13-9)14-3/h5,7H,4,6,11H2,1-3H3. The molecule has 0 aliphatic heterocycles. The van der Waals surface area contributed by atoms with E-state index in [0.717, 1.165) is 23.0 Å². The molecule has 1 unspecified atom stereocenters. The van der Waals surface area contributed by atoms with Gasteiger partial charge in [0.1, 0.15) is 0 Å². The molecule has 1 heterocycles. The molecule has 0 saturated carbocycles. The van der Waals surface area contributed by atoms with E-state index in [2.05, 4.69) is 16.9 Å². The van der Waals surface area contributed by atoms with Crippen molar-refractivity contribution in [3.05, 3.63) is 17.5 Å². The lowest BCUT2D eigenvalue weighted by molar-refractivity contribution is 0.578. The van der Waals surface area contributed by atoms with Gasteiger partial charge < -0.3 is 5.73 Å². The summed E-state index contributed by atoms with van der Waals surface area (Å²) in [6.07, 6.45) is 2.93. The van der Waals surface area contributed by atoms with Crippen LogP contribution in [0, 0.1) is 12.8 Å². The van der Waals surface area contributed by atoms with Crippen LogP contribution in [0.4, 0.5) is 0 Å². The Morgan fingerprint density at radius 3 is 2.79 bits per heavy atom. The zero-order valence-electron chi connectivity index (χ0n) is 8.95. The van der Waals surface area contributed by atoms with Crippen molar-refractivity contribution in [1.82, 2.24) is 9.97 Å². The van der Waals surface area contributed by atoms with Crippen molar-refractivity contribution >= 4 is 11.8 Å². The first-order valence-electron chi connectivity index (χ1n) is 4.74. The van der Waals surface area contributed by atoms with E-state index in [4.69, 9.17) is 5.73 Å². The van der Waals surface area contributed by atoms with Crippen LogP contribution in [0.5, 0.6) is 0 Å². The lowest BCUT2D eigenvalue weighted by Gasteiger charge is -2.08. The summed E-state index contributed by atoms with van der Waals surface area (Å²) in [6, 6.07) is 2.03. The Bertz CT molecular complexity index is 301. The van der Waals surface area contributed by atoms with Crippen LogP contribution < -0.4 is 5.73 Å². The molecule has 78 valence electrons. The van der Waals surface area contributed by atoms with Crippen LogP contribution in [-0.4, -0.2) is 22.8 Å². The SMILES string of the molecule is CSc1nc(C)cc(CC(C)CN)n1. The third kappa shape index (κ3) is 3.27. The molecule has 0 aromatic carbocycles. The lowest BCUT2D eigenvalue weighted by Crippen LogP contribution is -2.14. The molecule has 1 rings (SSSR count). The van der Waals surface area contributed by atoms with E-state index in [-0.39, 0.29) is 0 Å². The molecule has 3 nitrogen and oxygen atoms in total. The van der Waals surface area contributed by atoms with Gasteiger partial charge in [-0.05, 0) is 38.1 Å². The monoisotopic (exact) mass is 211 g/mol. The normalized spacial score (nSPS) is 12.9. The van der Waals surface area contributed by atoms with Crippen LogP contribution in [0.15, 0.2) is 11.2 Å². The molecule has 0 radical (unpaired) electrons. The molecule has 1 atom stereocenters. The molecular formula is C10H17N3S. The van der Waals surface area contributed by atoms with Crippen LogP contribution in [-0.2, 0) is 6.42 Å². The highest BCUT2D eigenvalue weighted by molar-refractivity contribution is 7.98. The Kier molecular flexibility index (Phi) is 4.35. The minimum Gasteiger partial charge on any atom is -0.330 e. The predicted octanol–water partition coefficient (Wildman–Crippen LogP) is 1.64. The van der Waals surface area contributed by atoms with Crippen LogP contribution in [0.3, 0.4) is 0 Å². The summed E-state index contributed by atoms with van der Waals surface area (Å²) in [5.41, 5.74) is 7.71. The first-order valence-corrected chi connectivity index (χ1v) is 5.96. The zero-order chi connectivity index (χ0) is 10.6. The fourth-order valence-corrected chi connectivity index (χ4v) is 1.68. The number of aromatic nitrogens is 2. The van der Waals surface area contributed by atoms with E-state index in [1.807, 2.05) is 19.2 Å². The van der Waals surface area contributed by atoms with Crippen molar-refractivity contribution in [3.8, 4) is 0 Å². The number of aryl methyl sites for hydroxylation is 1. The van der Waals surface area contributed by atoms with Gasteiger partial charge in [0, 0.05) is 11.4 Å². The van der Waals surface area contributed by atoms with E-state index in [1.54, 1.807) is 11.8 Å². The van der Waals surface area contributed by atoms with Crippen LogP contribution in [0.25, 0.3) is 0 Å². The van der Waals surface area contributed by atoms with Gasteiger partial charge in [-0.1, -0.05) is 18.7 Å². The fourth-order valence-electron chi connectivity index (χ4n) is 1.24. The van der Waals surface area contributed by atoms with Gasteiger partial charge in [0.15, 0.2) is 5.16 Å².